The lowest BCUT2D eigenvalue weighted by atomic mass is 9.84. The minimum Gasteiger partial charge on any atom is -0.437 e. The van der Waals surface area contributed by atoms with E-state index < -0.39 is 18.9 Å². The molecule has 0 bridgehead atoms. The number of rotatable bonds is 4. The molecule has 1 aromatic carbocycles. The van der Waals surface area contributed by atoms with E-state index in [9.17, 15) is 18.2 Å². The number of benzene rings is 1. The van der Waals surface area contributed by atoms with Crippen LogP contribution in [0.25, 0.3) is 10.9 Å². The molecule has 9 heteroatoms. The van der Waals surface area contributed by atoms with E-state index in [4.69, 9.17) is 0 Å². The number of thiophene rings is 1. The molecule has 0 spiro atoms. The second-order valence-electron chi connectivity index (χ2n) is 7.06. The number of alkyl halides is 3. The average molecular weight is 407 g/mol. The normalized spacial score (nSPS) is 16.1. The van der Waals surface area contributed by atoms with Crippen LogP contribution in [0.3, 0.4) is 0 Å². The number of hydrogen-bond acceptors (Lipinski definition) is 4. The lowest BCUT2D eigenvalue weighted by molar-refractivity contribution is -0.143. The molecule has 3 heterocycles. The second kappa shape index (κ2) is 7.46. The molecule has 0 aliphatic carbocycles. The number of halogens is 3. The van der Waals surface area contributed by atoms with Crippen LogP contribution < -0.4 is 4.90 Å². The SMILES string of the molecule is CB(O)N1CCN(c2cccc3c2cc(C(F)(F)F)n3Cc2cccs2)CC1. The maximum atomic E-state index is 13.8. The third kappa shape index (κ3) is 3.66. The van der Waals surface area contributed by atoms with Crippen LogP contribution in [0.15, 0.2) is 41.8 Å². The highest BCUT2D eigenvalue weighted by Crippen LogP contribution is 2.38. The maximum absolute atomic E-state index is 13.8. The third-order valence-electron chi connectivity index (χ3n) is 5.29. The molecule has 1 fully saturated rings. The van der Waals surface area contributed by atoms with Crippen molar-refractivity contribution in [3.05, 3.63) is 52.3 Å². The zero-order valence-electron chi connectivity index (χ0n) is 15.5. The molecule has 28 heavy (non-hydrogen) atoms. The van der Waals surface area contributed by atoms with Gasteiger partial charge in [0.15, 0.2) is 0 Å². The standard InChI is InChI=1S/C19H21BF3N3OS/c1-20(27)25-9-7-24(8-10-25)16-5-2-6-17-15(16)12-18(19(21,22)23)26(17)13-14-4-3-11-28-14/h2-6,11-12,27H,7-10,13H2,1H3. The first-order valence-corrected chi connectivity index (χ1v) is 10.1. The zero-order valence-corrected chi connectivity index (χ0v) is 16.3. The van der Waals surface area contributed by atoms with Crippen molar-refractivity contribution in [2.75, 3.05) is 31.1 Å². The van der Waals surface area contributed by atoms with Gasteiger partial charge in [0.1, 0.15) is 5.69 Å². The number of piperazine rings is 1. The van der Waals surface area contributed by atoms with Gasteiger partial charge in [-0.1, -0.05) is 12.1 Å². The third-order valence-corrected chi connectivity index (χ3v) is 6.15. The topological polar surface area (TPSA) is 31.6 Å². The van der Waals surface area contributed by atoms with Crippen molar-refractivity contribution in [3.63, 3.8) is 0 Å². The van der Waals surface area contributed by atoms with Crippen LogP contribution in [0, 0.1) is 0 Å². The molecule has 4 nitrogen and oxygen atoms in total. The van der Waals surface area contributed by atoms with Gasteiger partial charge in [0.05, 0.1) is 12.1 Å². The zero-order chi connectivity index (χ0) is 19.9. The van der Waals surface area contributed by atoms with Crippen molar-refractivity contribution in [1.29, 1.82) is 0 Å². The summed E-state index contributed by atoms with van der Waals surface area (Å²) in [6.07, 6.45) is -4.42. The Bertz CT molecular complexity index is 947. The fourth-order valence-electron chi connectivity index (χ4n) is 3.84. The molecular weight excluding hydrogens is 386 g/mol. The summed E-state index contributed by atoms with van der Waals surface area (Å²) in [4.78, 5) is 4.95. The van der Waals surface area contributed by atoms with Crippen molar-refractivity contribution >= 4 is 35.0 Å². The van der Waals surface area contributed by atoms with E-state index in [-0.39, 0.29) is 6.54 Å². The minimum absolute atomic E-state index is 0.204. The van der Waals surface area contributed by atoms with Gasteiger partial charge in [0.2, 0.25) is 0 Å². The quantitative estimate of drug-likeness (QED) is 0.664. The summed E-state index contributed by atoms with van der Waals surface area (Å²) in [6, 6.07) is 10.5. The molecular formula is C19H21BF3N3OS. The van der Waals surface area contributed by atoms with E-state index in [2.05, 4.69) is 4.90 Å². The summed E-state index contributed by atoms with van der Waals surface area (Å²) in [5.74, 6) is 0. The van der Waals surface area contributed by atoms with Crippen LogP contribution in [0.2, 0.25) is 6.82 Å². The van der Waals surface area contributed by atoms with Gasteiger partial charge in [-0.25, -0.2) is 0 Å². The molecule has 1 aliphatic heterocycles. The van der Waals surface area contributed by atoms with E-state index in [0.29, 0.717) is 37.1 Å². The lowest BCUT2D eigenvalue weighted by Crippen LogP contribution is -2.51. The number of fused-ring (bicyclic) bond motifs is 1. The lowest BCUT2D eigenvalue weighted by Gasteiger charge is -2.37. The van der Waals surface area contributed by atoms with Crippen molar-refractivity contribution in [2.24, 2.45) is 0 Å². The van der Waals surface area contributed by atoms with Gasteiger partial charge in [0, 0.05) is 42.1 Å². The van der Waals surface area contributed by atoms with Crippen molar-refractivity contribution in [2.45, 2.75) is 19.5 Å². The summed E-state index contributed by atoms with van der Waals surface area (Å²) in [5.41, 5.74) is 0.792. The van der Waals surface area contributed by atoms with Crippen molar-refractivity contribution in [3.8, 4) is 0 Å². The first-order chi connectivity index (χ1) is 13.3. The van der Waals surface area contributed by atoms with Crippen LogP contribution in [0.4, 0.5) is 18.9 Å². The van der Waals surface area contributed by atoms with Gasteiger partial charge >= 0.3 is 13.2 Å². The first-order valence-electron chi connectivity index (χ1n) is 9.23. The van der Waals surface area contributed by atoms with Crippen molar-refractivity contribution in [1.82, 2.24) is 9.38 Å². The molecule has 0 amide bonds. The predicted octanol–water partition coefficient (Wildman–Crippen LogP) is 4.00. The smallest absolute Gasteiger partial charge is 0.431 e. The van der Waals surface area contributed by atoms with Gasteiger partial charge in [-0.3, -0.25) is 0 Å². The Morgan fingerprint density at radius 2 is 1.86 bits per heavy atom. The number of aromatic nitrogens is 1. The minimum atomic E-state index is -4.42. The van der Waals surface area contributed by atoms with Crippen LogP contribution in [-0.4, -0.2) is 47.6 Å². The largest absolute Gasteiger partial charge is 0.437 e. The molecule has 1 N–H and O–H groups in total. The predicted molar refractivity (Wildman–Crippen MR) is 108 cm³/mol. The van der Waals surface area contributed by atoms with Crippen LogP contribution in [-0.2, 0) is 12.7 Å². The Labute approximate surface area is 165 Å². The van der Waals surface area contributed by atoms with Gasteiger partial charge < -0.3 is 19.3 Å². The highest BCUT2D eigenvalue weighted by atomic mass is 32.1. The summed E-state index contributed by atoms with van der Waals surface area (Å²) < 4.78 is 42.7. The second-order valence-corrected chi connectivity index (χ2v) is 8.09. The number of nitrogens with zero attached hydrogens (tertiary/aromatic N) is 3. The molecule has 4 rings (SSSR count). The van der Waals surface area contributed by atoms with E-state index in [1.807, 2.05) is 34.5 Å². The molecule has 0 saturated carbocycles. The Kier molecular flexibility index (Phi) is 5.16. The first kappa shape index (κ1) is 19.4. The Balaban J connectivity index is 1.75. The molecule has 1 aliphatic rings. The van der Waals surface area contributed by atoms with Crippen LogP contribution in [0.1, 0.15) is 10.6 Å². The van der Waals surface area contributed by atoms with Gasteiger partial charge in [0.25, 0.3) is 0 Å². The molecule has 0 radical (unpaired) electrons. The Morgan fingerprint density at radius 3 is 2.46 bits per heavy atom. The summed E-state index contributed by atoms with van der Waals surface area (Å²) in [6.45, 7) is 4.63. The molecule has 0 unspecified atom stereocenters. The molecule has 2 aromatic heterocycles. The van der Waals surface area contributed by atoms with Gasteiger partial charge in [-0.05, 0) is 36.5 Å². The summed E-state index contributed by atoms with van der Waals surface area (Å²) in [7, 11) is -0.512. The number of hydrogen-bond donors (Lipinski definition) is 1. The van der Waals surface area contributed by atoms with E-state index >= 15 is 0 Å². The summed E-state index contributed by atoms with van der Waals surface area (Å²) in [5, 5.41) is 12.2. The van der Waals surface area contributed by atoms with E-state index in [1.54, 1.807) is 12.9 Å². The fraction of sp³-hybridized carbons (Fsp3) is 0.368. The Morgan fingerprint density at radius 1 is 1.11 bits per heavy atom. The monoisotopic (exact) mass is 407 g/mol. The number of anilines is 1. The molecule has 1 saturated heterocycles. The highest BCUT2D eigenvalue weighted by Gasteiger charge is 2.36. The van der Waals surface area contributed by atoms with Gasteiger partial charge in [-0.15, -0.1) is 11.3 Å². The van der Waals surface area contributed by atoms with Crippen LogP contribution in [0.5, 0.6) is 0 Å². The molecule has 148 valence electrons. The molecule has 3 aromatic rings. The summed E-state index contributed by atoms with van der Waals surface area (Å²) >= 11 is 1.46. The highest BCUT2D eigenvalue weighted by molar-refractivity contribution is 7.09. The maximum Gasteiger partial charge on any atom is 0.431 e. The van der Waals surface area contributed by atoms with Crippen molar-refractivity contribution < 1.29 is 18.2 Å². The molecule has 0 atom stereocenters. The Hall–Kier alpha value is -1.97. The van der Waals surface area contributed by atoms with E-state index in [0.717, 1.165) is 10.6 Å². The van der Waals surface area contributed by atoms with E-state index in [1.165, 1.54) is 22.0 Å². The van der Waals surface area contributed by atoms with Gasteiger partial charge in [-0.2, -0.15) is 13.2 Å². The van der Waals surface area contributed by atoms with Crippen LogP contribution >= 0.6 is 11.3 Å². The fourth-order valence-corrected chi connectivity index (χ4v) is 4.54. The average Bonchev–Trinajstić information content (AvgIpc) is 3.30.